The molecule has 2 atom stereocenters. The van der Waals surface area contributed by atoms with Crippen LogP contribution in [0.2, 0.25) is 0 Å². The zero-order valence-electron chi connectivity index (χ0n) is 8.61. The van der Waals surface area contributed by atoms with Crippen LogP contribution in [0.3, 0.4) is 0 Å². The molecule has 1 fully saturated rings. The first-order chi connectivity index (χ1) is 6.55. The van der Waals surface area contributed by atoms with Gasteiger partial charge in [0.15, 0.2) is 9.84 Å². The third-order valence-corrected chi connectivity index (χ3v) is 4.33. The predicted octanol–water partition coefficient (Wildman–Crippen LogP) is 0.175. The van der Waals surface area contributed by atoms with Crippen LogP contribution in [0.5, 0.6) is 0 Å². The molecular formula is C9H19NO3S. The molecule has 0 aliphatic carbocycles. The van der Waals surface area contributed by atoms with Crippen molar-refractivity contribution in [2.24, 2.45) is 11.7 Å². The molecule has 84 valence electrons. The molecule has 2 unspecified atom stereocenters. The van der Waals surface area contributed by atoms with E-state index in [9.17, 15) is 8.42 Å². The first-order valence-electron chi connectivity index (χ1n) is 5.09. The third kappa shape index (κ3) is 3.55. The van der Waals surface area contributed by atoms with Gasteiger partial charge in [0.05, 0.1) is 18.1 Å². The molecule has 5 heteroatoms. The van der Waals surface area contributed by atoms with Crippen LogP contribution in [0.15, 0.2) is 0 Å². The number of sulfone groups is 1. The average Bonchev–Trinajstić information content (AvgIpc) is 2.46. The lowest BCUT2D eigenvalue weighted by atomic mass is 10.0. The van der Waals surface area contributed by atoms with Gasteiger partial charge in [-0.15, -0.1) is 0 Å². The number of nitrogens with two attached hydrogens (primary N) is 1. The molecule has 1 rings (SSSR count). The molecule has 1 aliphatic heterocycles. The van der Waals surface area contributed by atoms with Gasteiger partial charge in [-0.2, -0.15) is 0 Å². The first-order valence-corrected chi connectivity index (χ1v) is 6.91. The van der Waals surface area contributed by atoms with Gasteiger partial charge in [-0.05, 0) is 18.8 Å². The Kier molecular flexibility index (Phi) is 4.34. The van der Waals surface area contributed by atoms with Crippen molar-refractivity contribution < 1.29 is 13.2 Å². The van der Waals surface area contributed by atoms with Crippen molar-refractivity contribution >= 4 is 9.84 Å². The standard InChI is InChI=1S/C9H19NO3S/c1-2-4-13-6-9(10)8-3-5-14(11,12)7-8/h8-9H,2-7,10H2,1H3. The van der Waals surface area contributed by atoms with Crippen molar-refractivity contribution in [1.29, 1.82) is 0 Å². The molecular weight excluding hydrogens is 202 g/mol. The summed E-state index contributed by atoms with van der Waals surface area (Å²) in [5.74, 6) is 0.625. The Morgan fingerprint density at radius 3 is 2.79 bits per heavy atom. The van der Waals surface area contributed by atoms with E-state index < -0.39 is 9.84 Å². The van der Waals surface area contributed by atoms with E-state index >= 15 is 0 Å². The van der Waals surface area contributed by atoms with E-state index in [2.05, 4.69) is 0 Å². The summed E-state index contributed by atoms with van der Waals surface area (Å²) in [5.41, 5.74) is 5.85. The Bertz CT molecular complexity index is 263. The van der Waals surface area contributed by atoms with Crippen molar-refractivity contribution in [2.45, 2.75) is 25.8 Å². The fourth-order valence-corrected chi connectivity index (χ4v) is 3.56. The molecule has 0 saturated carbocycles. The Morgan fingerprint density at radius 2 is 2.29 bits per heavy atom. The number of hydrogen-bond acceptors (Lipinski definition) is 4. The van der Waals surface area contributed by atoms with Crippen molar-refractivity contribution in [3.8, 4) is 0 Å². The van der Waals surface area contributed by atoms with Crippen LogP contribution in [0.1, 0.15) is 19.8 Å². The van der Waals surface area contributed by atoms with Crippen LogP contribution >= 0.6 is 0 Å². The van der Waals surface area contributed by atoms with Crippen LogP contribution in [0.25, 0.3) is 0 Å². The quantitative estimate of drug-likeness (QED) is 0.672. The summed E-state index contributed by atoms with van der Waals surface area (Å²) in [6.07, 6.45) is 1.66. The van der Waals surface area contributed by atoms with Crippen LogP contribution in [0.4, 0.5) is 0 Å². The minimum Gasteiger partial charge on any atom is -0.380 e. The third-order valence-electron chi connectivity index (χ3n) is 2.53. The predicted molar refractivity (Wildman–Crippen MR) is 55.8 cm³/mol. The molecule has 1 aliphatic rings. The SMILES string of the molecule is CCCOCC(N)C1CCS(=O)(=O)C1. The van der Waals surface area contributed by atoms with Gasteiger partial charge in [-0.25, -0.2) is 8.42 Å². The van der Waals surface area contributed by atoms with Gasteiger partial charge in [0.25, 0.3) is 0 Å². The lowest BCUT2D eigenvalue weighted by Crippen LogP contribution is -2.35. The number of rotatable bonds is 5. The summed E-state index contributed by atoms with van der Waals surface area (Å²) < 4.78 is 27.7. The second kappa shape index (κ2) is 5.09. The normalized spacial score (nSPS) is 27.7. The molecule has 0 aromatic rings. The lowest BCUT2D eigenvalue weighted by molar-refractivity contribution is 0.109. The summed E-state index contributed by atoms with van der Waals surface area (Å²) in [7, 11) is -2.81. The Balaban J connectivity index is 2.29. The maximum Gasteiger partial charge on any atom is 0.150 e. The molecule has 0 aromatic carbocycles. The first kappa shape index (κ1) is 11.9. The average molecular weight is 221 g/mol. The molecule has 0 amide bonds. The van der Waals surface area contributed by atoms with E-state index in [4.69, 9.17) is 10.5 Å². The molecule has 0 aromatic heterocycles. The molecule has 1 heterocycles. The van der Waals surface area contributed by atoms with Crippen molar-refractivity contribution in [3.63, 3.8) is 0 Å². The van der Waals surface area contributed by atoms with E-state index in [0.717, 1.165) is 6.42 Å². The van der Waals surface area contributed by atoms with Crippen LogP contribution in [-0.2, 0) is 14.6 Å². The van der Waals surface area contributed by atoms with Crippen molar-refractivity contribution in [3.05, 3.63) is 0 Å². The number of ether oxygens (including phenoxy) is 1. The van der Waals surface area contributed by atoms with Gasteiger partial charge >= 0.3 is 0 Å². The van der Waals surface area contributed by atoms with Crippen LogP contribution < -0.4 is 5.73 Å². The molecule has 0 spiro atoms. The zero-order valence-corrected chi connectivity index (χ0v) is 9.42. The molecule has 0 bridgehead atoms. The fourth-order valence-electron chi connectivity index (χ4n) is 1.66. The highest BCUT2D eigenvalue weighted by molar-refractivity contribution is 7.91. The van der Waals surface area contributed by atoms with Crippen LogP contribution in [0, 0.1) is 5.92 Å². The highest BCUT2D eigenvalue weighted by Crippen LogP contribution is 2.20. The van der Waals surface area contributed by atoms with E-state index in [1.807, 2.05) is 6.92 Å². The van der Waals surface area contributed by atoms with Gasteiger partial charge in [-0.1, -0.05) is 6.92 Å². The smallest absolute Gasteiger partial charge is 0.150 e. The summed E-state index contributed by atoms with van der Waals surface area (Å²) in [6, 6.07) is -0.126. The zero-order chi connectivity index (χ0) is 10.6. The topological polar surface area (TPSA) is 69.4 Å². The fraction of sp³-hybridized carbons (Fsp3) is 1.00. The van der Waals surface area contributed by atoms with E-state index in [-0.39, 0.29) is 17.7 Å². The number of hydrogen-bond donors (Lipinski definition) is 1. The lowest BCUT2D eigenvalue weighted by Gasteiger charge is -2.17. The Morgan fingerprint density at radius 1 is 1.57 bits per heavy atom. The van der Waals surface area contributed by atoms with E-state index in [0.29, 0.717) is 25.4 Å². The summed E-state index contributed by atoms with van der Waals surface area (Å²) in [4.78, 5) is 0. The maximum atomic E-state index is 11.2. The molecule has 0 radical (unpaired) electrons. The van der Waals surface area contributed by atoms with Gasteiger partial charge < -0.3 is 10.5 Å². The largest absolute Gasteiger partial charge is 0.380 e. The van der Waals surface area contributed by atoms with Gasteiger partial charge in [-0.3, -0.25) is 0 Å². The minimum atomic E-state index is -2.81. The molecule has 4 nitrogen and oxygen atoms in total. The van der Waals surface area contributed by atoms with Crippen molar-refractivity contribution in [2.75, 3.05) is 24.7 Å². The second-order valence-corrected chi connectivity index (χ2v) is 6.13. The monoisotopic (exact) mass is 221 g/mol. The summed E-state index contributed by atoms with van der Waals surface area (Å²) in [5, 5.41) is 0. The van der Waals surface area contributed by atoms with Crippen LogP contribution in [-0.4, -0.2) is 39.2 Å². The van der Waals surface area contributed by atoms with Gasteiger partial charge in [0.1, 0.15) is 0 Å². The Labute approximate surface area is 85.7 Å². The summed E-state index contributed by atoms with van der Waals surface area (Å²) >= 11 is 0. The highest BCUT2D eigenvalue weighted by atomic mass is 32.2. The minimum absolute atomic E-state index is 0.0943. The molecule has 1 saturated heterocycles. The van der Waals surface area contributed by atoms with Gasteiger partial charge in [0.2, 0.25) is 0 Å². The second-order valence-electron chi connectivity index (χ2n) is 3.90. The van der Waals surface area contributed by atoms with E-state index in [1.54, 1.807) is 0 Å². The van der Waals surface area contributed by atoms with Gasteiger partial charge in [0, 0.05) is 12.6 Å². The highest BCUT2D eigenvalue weighted by Gasteiger charge is 2.31. The van der Waals surface area contributed by atoms with E-state index in [1.165, 1.54) is 0 Å². The molecule has 14 heavy (non-hydrogen) atoms. The Hall–Kier alpha value is -0.130. The summed E-state index contributed by atoms with van der Waals surface area (Å²) in [6.45, 7) is 3.22. The van der Waals surface area contributed by atoms with Crippen molar-refractivity contribution in [1.82, 2.24) is 0 Å². The maximum absolute atomic E-state index is 11.2. The molecule has 2 N–H and O–H groups in total.